The second-order valence-electron chi connectivity index (χ2n) is 3.24. The van der Waals surface area contributed by atoms with E-state index in [0.717, 1.165) is 18.2 Å². The Morgan fingerprint density at radius 3 is 2.44 bits per heavy atom. The molecule has 0 heterocycles. The molecule has 0 bridgehead atoms. The highest BCUT2D eigenvalue weighted by atomic mass is 19.4. The van der Waals surface area contributed by atoms with Crippen molar-refractivity contribution in [3.8, 4) is 0 Å². The highest BCUT2D eigenvalue weighted by Crippen LogP contribution is 2.33. The van der Waals surface area contributed by atoms with Crippen molar-refractivity contribution in [3.05, 3.63) is 40.7 Å². The number of aldehydes is 1. The van der Waals surface area contributed by atoms with Crippen molar-refractivity contribution in [3.63, 3.8) is 0 Å². The van der Waals surface area contributed by atoms with E-state index in [4.69, 9.17) is 0 Å². The second-order valence-corrected chi connectivity index (χ2v) is 3.24. The summed E-state index contributed by atoms with van der Waals surface area (Å²) < 4.78 is 50.2. The Morgan fingerprint density at radius 1 is 1.31 bits per heavy atom. The molecule has 1 nitrogen and oxygen atoms in total. The molecule has 1 rings (SSSR count). The van der Waals surface area contributed by atoms with E-state index in [1.807, 2.05) is 0 Å². The van der Waals surface area contributed by atoms with Crippen molar-refractivity contribution in [2.24, 2.45) is 0 Å². The number of carbonyl (C=O) groups excluding carboxylic acids is 1. The molecule has 0 aromatic heterocycles. The van der Waals surface area contributed by atoms with Gasteiger partial charge in [-0.25, -0.2) is 4.39 Å². The first-order valence-electron chi connectivity index (χ1n) is 4.35. The van der Waals surface area contributed by atoms with Crippen molar-refractivity contribution < 1.29 is 22.4 Å². The van der Waals surface area contributed by atoms with Crippen molar-refractivity contribution >= 4 is 12.4 Å². The molecule has 0 aliphatic carbocycles. The summed E-state index contributed by atoms with van der Waals surface area (Å²) in [4.78, 5) is 10.3. The molecule has 0 aliphatic rings. The second kappa shape index (κ2) is 4.47. The van der Waals surface area contributed by atoms with Gasteiger partial charge in [0.05, 0.1) is 5.56 Å². The molecule has 0 fully saturated rings. The molecule has 0 spiro atoms. The molecule has 0 radical (unpaired) electrons. The van der Waals surface area contributed by atoms with Gasteiger partial charge in [0, 0.05) is 0 Å². The molecular formula is C11H8F4O. The molecule has 0 saturated heterocycles. The van der Waals surface area contributed by atoms with E-state index in [-0.39, 0.29) is 11.1 Å². The van der Waals surface area contributed by atoms with Gasteiger partial charge >= 0.3 is 6.18 Å². The minimum atomic E-state index is -4.64. The Hall–Kier alpha value is -1.65. The van der Waals surface area contributed by atoms with Gasteiger partial charge in [0.25, 0.3) is 0 Å². The van der Waals surface area contributed by atoms with Gasteiger partial charge in [-0.05, 0) is 36.3 Å². The van der Waals surface area contributed by atoms with Crippen LogP contribution in [0.25, 0.3) is 6.08 Å². The number of benzene rings is 1. The summed E-state index contributed by atoms with van der Waals surface area (Å²) in [7, 11) is 0. The third kappa shape index (κ3) is 2.92. The lowest BCUT2D eigenvalue weighted by atomic mass is 10.0. The Labute approximate surface area is 89.4 Å². The van der Waals surface area contributed by atoms with Crippen molar-refractivity contribution in [2.45, 2.75) is 13.1 Å². The third-order valence-electron chi connectivity index (χ3n) is 1.89. The minimum absolute atomic E-state index is 0.136. The summed E-state index contributed by atoms with van der Waals surface area (Å²) in [6, 6.07) is 2.31. The van der Waals surface area contributed by atoms with Crippen LogP contribution in [-0.2, 0) is 11.0 Å². The van der Waals surface area contributed by atoms with E-state index in [1.54, 1.807) is 0 Å². The number of carbonyl (C=O) groups is 1. The van der Waals surface area contributed by atoms with Gasteiger partial charge in [-0.15, -0.1) is 0 Å². The average Bonchev–Trinajstić information content (AvgIpc) is 2.19. The largest absolute Gasteiger partial charge is 0.417 e. The number of allylic oxidation sites excluding steroid dienone is 1. The Morgan fingerprint density at radius 2 is 1.94 bits per heavy atom. The number of alkyl halides is 3. The first kappa shape index (κ1) is 12.4. The van der Waals surface area contributed by atoms with Gasteiger partial charge in [-0.3, -0.25) is 4.79 Å². The van der Waals surface area contributed by atoms with Gasteiger partial charge < -0.3 is 0 Å². The summed E-state index contributed by atoms with van der Waals surface area (Å²) in [6.45, 7) is 1.37. The molecule has 5 heteroatoms. The predicted octanol–water partition coefficient (Wildman–Crippen LogP) is 3.45. The van der Waals surface area contributed by atoms with Crippen LogP contribution in [0.2, 0.25) is 0 Å². The van der Waals surface area contributed by atoms with E-state index >= 15 is 0 Å². The highest BCUT2D eigenvalue weighted by Gasteiger charge is 2.33. The van der Waals surface area contributed by atoms with Crippen LogP contribution in [0.5, 0.6) is 0 Å². The van der Waals surface area contributed by atoms with Crippen LogP contribution in [0, 0.1) is 5.82 Å². The first-order chi connectivity index (χ1) is 7.34. The normalized spacial score (nSPS) is 12.7. The first-order valence-corrected chi connectivity index (χ1v) is 4.35. The number of hydrogen-bond acceptors (Lipinski definition) is 1. The molecule has 86 valence electrons. The Bertz CT molecular complexity index is 432. The summed E-state index contributed by atoms with van der Waals surface area (Å²) in [5.74, 6) is -0.965. The van der Waals surface area contributed by atoms with Gasteiger partial charge in [0.1, 0.15) is 12.1 Å². The lowest BCUT2D eigenvalue weighted by molar-refractivity contribution is -0.137. The summed E-state index contributed by atoms with van der Waals surface area (Å²) in [6.07, 6.45) is -3.14. The van der Waals surface area contributed by atoms with Crippen molar-refractivity contribution in [1.82, 2.24) is 0 Å². The monoisotopic (exact) mass is 232 g/mol. The quantitative estimate of drug-likeness (QED) is 0.433. The van der Waals surface area contributed by atoms with E-state index in [9.17, 15) is 22.4 Å². The van der Waals surface area contributed by atoms with Crippen LogP contribution in [0.3, 0.4) is 0 Å². The molecule has 1 aromatic rings. The van der Waals surface area contributed by atoms with E-state index < -0.39 is 17.6 Å². The van der Waals surface area contributed by atoms with E-state index in [0.29, 0.717) is 12.4 Å². The lowest BCUT2D eigenvalue weighted by Gasteiger charge is -2.10. The Balaban J connectivity index is 3.34. The van der Waals surface area contributed by atoms with Gasteiger partial charge in [-0.2, -0.15) is 13.2 Å². The van der Waals surface area contributed by atoms with Gasteiger partial charge in [-0.1, -0.05) is 6.07 Å². The number of rotatable bonds is 2. The standard InChI is InChI=1S/C11H8F4O/c1-7(6-16)4-8-2-3-9(12)5-10(8)11(13,14)15/h2-6H,1H3/b7-4-. The molecule has 1 aromatic carbocycles. The zero-order valence-electron chi connectivity index (χ0n) is 8.31. The summed E-state index contributed by atoms with van der Waals surface area (Å²) >= 11 is 0. The van der Waals surface area contributed by atoms with E-state index in [2.05, 4.69) is 0 Å². The van der Waals surface area contributed by atoms with Crippen molar-refractivity contribution in [2.75, 3.05) is 0 Å². The maximum absolute atomic E-state index is 12.7. The number of hydrogen-bond donors (Lipinski definition) is 0. The molecule has 0 amide bonds. The fraction of sp³-hybridized carbons (Fsp3) is 0.182. The summed E-state index contributed by atoms with van der Waals surface area (Å²) in [5, 5.41) is 0. The molecule has 0 saturated carbocycles. The van der Waals surface area contributed by atoms with Gasteiger partial charge in [0.15, 0.2) is 0 Å². The molecular weight excluding hydrogens is 224 g/mol. The zero-order valence-corrected chi connectivity index (χ0v) is 8.31. The molecule has 16 heavy (non-hydrogen) atoms. The maximum Gasteiger partial charge on any atom is 0.417 e. The van der Waals surface area contributed by atoms with Crippen LogP contribution in [0.4, 0.5) is 17.6 Å². The predicted molar refractivity (Wildman–Crippen MR) is 51.1 cm³/mol. The maximum atomic E-state index is 12.7. The molecule has 0 aliphatic heterocycles. The van der Waals surface area contributed by atoms with Crippen molar-refractivity contribution in [1.29, 1.82) is 0 Å². The lowest BCUT2D eigenvalue weighted by Crippen LogP contribution is -2.08. The van der Waals surface area contributed by atoms with Crippen LogP contribution >= 0.6 is 0 Å². The SMILES string of the molecule is C/C(C=O)=C/c1ccc(F)cc1C(F)(F)F. The number of halogens is 4. The molecule has 0 N–H and O–H groups in total. The van der Waals surface area contributed by atoms with Crippen LogP contribution < -0.4 is 0 Å². The topological polar surface area (TPSA) is 17.1 Å². The van der Waals surface area contributed by atoms with Crippen LogP contribution in [0.15, 0.2) is 23.8 Å². The smallest absolute Gasteiger partial charge is 0.298 e. The highest BCUT2D eigenvalue weighted by molar-refractivity contribution is 5.81. The average molecular weight is 232 g/mol. The fourth-order valence-electron chi connectivity index (χ4n) is 1.18. The van der Waals surface area contributed by atoms with Crippen LogP contribution in [-0.4, -0.2) is 6.29 Å². The summed E-state index contributed by atoms with van der Waals surface area (Å²) in [5.41, 5.74) is -1.18. The minimum Gasteiger partial charge on any atom is -0.298 e. The van der Waals surface area contributed by atoms with Gasteiger partial charge in [0.2, 0.25) is 0 Å². The molecule has 0 atom stereocenters. The van der Waals surface area contributed by atoms with Crippen LogP contribution in [0.1, 0.15) is 18.1 Å². The Kier molecular flexibility index (Phi) is 3.47. The zero-order chi connectivity index (χ0) is 12.3. The fourth-order valence-corrected chi connectivity index (χ4v) is 1.18. The molecule has 0 unspecified atom stereocenters. The van der Waals surface area contributed by atoms with E-state index in [1.165, 1.54) is 6.92 Å². The third-order valence-corrected chi connectivity index (χ3v) is 1.89.